The van der Waals surface area contributed by atoms with Gasteiger partial charge in [-0.2, -0.15) is 5.26 Å². The predicted molar refractivity (Wildman–Crippen MR) is 81.2 cm³/mol. The van der Waals surface area contributed by atoms with E-state index >= 15 is 0 Å². The van der Waals surface area contributed by atoms with E-state index in [0.717, 1.165) is 22.6 Å². The average Bonchev–Trinajstić information content (AvgIpc) is 2.55. The minimum atomic E-state index is 0.622. The lowest BCUT2D eigenvalue weighted by Gasteiger charge is -2.12. The van der Waals surface area contributed by atoms with Gasteiger partial charge in [0.25, 0.3) is 0 Å². The molecule has 2 aromatic carbocycles. The van der Waals surface area contributed by atoms with Crippen molar-refractivity contribution in [2.45, 2.75) is 13.1 Å². The van der Waals surface area contributed by atoms with Crippen LogP contribution in [0.4, 0.5) is 0 Å². The van der Waals surface area contributed by atoms with Gasteiger partial charge in [-0.15, -0.1) is 0 Å². The van der Waals surface area contributed by atoms with Crippen LogP contribution in [0.1, 0.15) is 16.7 Å². The fourth-order valence-corrected chi connectivity index (χ4v) is 2.17. The third-order valence-electron chi connectivity index (χ3n) is 3.23. The third kappa shape index (κ3) is 3.74. The Morgan fingerprint density at radius 1 is 0.952 bits per heavy atom. The van der Waals surface area contributed by atoms with Gasteiger partial charge in [0.15, 0.2) is 0 Å². The normalized spacial score (nSPS) is 9.95. The summed E-state index contributed by atoms with van der Waals surface area (Å²) in [5.41, 5.74) is 2.69. The van der Waals surface area contributed by atoms with Gasteiger partial charge in [0.1, 0.15) is 11.5 Å². The predicted octanol–water partition coefficient (Wildman–Crippen LogP) is 2.87. The van der Waals surface area contributed by atoms with Crippen LogP contribution in [0.25, 0.3) is 0 Å². The lowest BCUT2D eigenvalue weighted by atomic mass is 10.1. The molecule has 0 aliphatic carbocycles. The maximum Gasteiger partial charge on any atom is 0.123 e. The number of nitrogens with zero attached hydrogens (tertiary/aromatic N) is 1. The first-order valence-electron chi connectivity index (χ1n) is 6.68. The number of hydrogen-bond acceptors (Lipinski definition) is 4. The molecule has 4 heteroatoms. The SMILES string of the molecule is COc1ccccc1CNCc1cc(C#N)ccc1OC. The van der Waals surface area contributed by atoms with Gasteiger partial charge in [-0.05, 0) is 24.3 Å². The fraction of sp³-hybridized carbons (Fsp3) is 0.235. The molecule has 0 saturated heterocycles. The number of nitriles is 1. The summed E-state index contributed by atoms with van der Waals surface area (Å²) in [5.74, 6) is 1.64. The van der Waals surface area contributed by atoms with Crippen molar-refractivity contribution in [2.24, 2.45) is 0 Å². The largest absolute Gasteiger partial charge is 0.496 e. The maximum absolute atomic E-state index is 8.97. The van der Waals surface area contributed by atoms with Crippen LogP contribution >= 0.6 is 0 Å². The summed E-state index contributed by atoms with van der Waals surface area (Å²) in [6, 6.07) is 15.4. The third-order valence-corrected chi connectivity index (χ3v) is 3.23. The molecule has 108 valence electrons. The first-order valence-corrected chi connectivity index (χ1v) is 6.68. The van der Waals surface area contributed by atoms with Crippen LogP contribution in [0, 0.1) is 11.3 Å². The first kappa shape index (κ1) is 14.9. The highest BCUT2D eigenvalue weighted by molar-refractivity contribution is 5.42. The maximum atomic E-state index is 8.97. The van der Waals surface area contributed by atoms with E-state index in [1.165, 1.54) is 0 Å². The second kappa shape index (κ2) is 7.32. The van der Waals surface area contributed by atoms with Gasteiger partial charge in [0.05, 0.1) is 25.9 Å². The first-order chi connectivity index (χ1) is 10.3. The molecule has 0 radical (unpaired) electrons. The molecule has 21 heavy (non-hydrogen) atoms. The number of ether oxygens (including phenoxy) is 2. The summed E-state index contributed by atoms with van der Waals surface area (Å²) in [5, 5.41) is 12.3. The van der Waals surface area contributed by atoms with Crippen LogP contribution in [0.2, 0.25) is 0 Å². The van der Waals surface area contributed by atoms with Gasteiger partial charge >= 0.3 is 0 Å². The molecule has 0 aromatic heterocycles. The summed E-state index contributed by atoms with van der Waals surface area (Å²) >= 11 is 0. The second-order valence-corrected chi connectivity index (χ2v) is 4.55. The zero-order valence-electron chi connectivity index (χ0n) is 12.2. The van der Waals surface area contributed by atoms with Gasteiger partial charge < -0.3 is 14.8 Å². The molecular weight excluding hydrogens is 264 g/mol. The van der Waals surface area contributed by atoms with E-state index in [0.29, 0.717) is 18.7 Å². The number of nitrogens with one attached hydrogen (secondary N) is 1. The number of benzene rings is 2. The Balaban J connectivity index is 2.05. The fourth-order valence-electron chi connectivity index (χ4n) is 2.17. The van der Waals surface area contributed by atoms with E-state index in [-0.39, 0.29) is 0 Å². The molecule has 0 atom stereocenters. The lowest BCUT2D eigenvalue weighted by molar-refractivity contribution is 0.404. The van der Waals surface area contributed by atoms with Crippen molar-refractivity contribution in [1.29, 1.82) is 5.26 Å². The van der Waals surface area contributed by atoms with E-state index in [9.17, 15) is 0 Å². The highest BCUT2D eigenvalue weighted by Crippen LogP contribution is 2.20. The van der Waals surface area contributed by atoms with E-state index in [1.54, 1.807) is 20.3 Å². The molecule has 4 nitrogen and oxygen atoms in total. The monoisotopic (exact) mass is 282 g/mol. The number of methoxy groups -OCH3 is 2. The zero-order chi connectivity index (χ0) is 15.1. The molecule has 0 aliphatic rings. The van der Waals surface area contributed by atoms with Crippen molar-refractivity contribution in [3.8, 4) is 17.6 Å². The Kier molecular flexibility index (Phi) is 5.19. The van der Waals surface area contributed by atoms with Crippen LogP contribution < -0.4 is 14.8 Å². The van der Waals surface area contributed by atoms with Gasteiger partial charge in [0.2, 0.25) is 0 Å². The highest BCUT2D eigenvalue weighted by Gasteiger charge is 2.05. The number of para-hydroxylation sites is 1. The molecule has 0 bridgehead atoms. The van der Waals surface area contributed by atoms with E-state index < -0.39 is 0 Å². The minimum absolute atomic E-state index is 0.622. The van der Waals surface area contributed by atoms with Crippen molar-refractivity contribution in [3.05, 3.63) is 59.2 Å². The summed E-state index contributed by atoms with van der Waals surface area (Å²) in [4.78, 5) is 0. The zero-order valence-corrected chi connectivity index (χ0v) is 12.2. The van der Waals surface area contributed by atoms with Crippen molar-refractivity contribution in [2.75, 3.05) is 14.2 Å². The molecular formula is C17H18N2O2. The Hall–Kier alpha value is -2.51. The van der Waals surface area contributed by atoms with E-state index in [4.69, 9.17) is 14.7 Å². The smallest absolute Gasteiger partial charge is 0.123 e. The molecule has 2 aromatic rings. The standard InChI is InChI=1S/C17H18N2O2/c1-20-16-6-4-3-5-14(16)11-19-12-15-9-13(10-18)7-8-17(15)21-2/h3-9,19H,11-12H2,1-2H3. The summed E-state index contributed by atoms with van der Waals surface area (Å²) in [6.45, 7) is 1.31. The lowest BCUT2D eigenvalue weighted by Crippen LogP contribution is -2.14. The second-order valence-electron chi connectivity index (χ2n) is 4.55. The van der Waals surface area contributed by atoms with Gasteiger partial charge in [-0.1, -0.05) is 18.2 Å². The van der Waals surface area contributed by atoms with Crippen LogP contribution in [0.3, 0.4) is 0 Å². The Morgan fingerprint density at radius 2 is 1.62 bits per heavy atom. The number of hydrogen-bond donors (Lipinski definition) is 1. The minimum Gasteiger partial charge on any atom is -0.496 e. The molecule has 0 spiro atoms. The highest BCUT2D eigenvalue weighted by atomic mass is 16.5. The van der Waals surface area contributed by atoms with Crippen LogP contribution in [0.15, 0.2) is 42.5 Å². The van der Waals surface area contributed by atoms with Crippen LogP contribution in [-0.2, 0) is 13.1 Å². The van der Waals surface area contributed by atoms with Crippen molar-refractivity contribution < 1.29 is 9.47 Å². The summed E-state index contributed by atoms with van der Waals surface area (Å²) in [7, 11) is 3.29. The van der Waals surface area contributed by atoms with Crippen LogP contribution in [0.5, 0.6) is 11.5 Å². The average molecular weight is 282 g/mol. The Morgan fingerprint density at radius 3 is 2.33 bits per heavy atom. The molecule has 0 aliphatic heterocycles. The molecule has 0 fully saturated rings. The van der Waals surface area contributed by atoms with Crippen molar-refractivity contribution in [3.63, 3.8) is 0 Å². The van der Waals surface area contributed by atoms with Crippen molar-refractivity contribution >= 4 is 0 Å². The topological polar surface area (TPSA) is 54.3 Å². The molecule has 1 N–H and O–H groups in total. The Labute approximate surface area is 124 Å². The van der Waals surface area contributed by atoms with Gasteiger partial charge in [-0.3, -0.25) is 0 Å². The van der Waals surface area contributed by atoms with Crippen molar-refractivity contribution in [1.82, 2.24) is 5.32 Å². The molecule has 0 unspecified atom stereocenters. The molecule has 0 heterocycles. The molecule has 0 saturated carbocycles. The van der Waals surface area contributed by atoms with Gasteiger partial charge in [-0.25, -0.2) is 0 Å². The van der Waals surface area contributed by atoms with Crippen LogP contribution in [-0.4, -0.2) is 14.2 Å². The van der Waals surface area contributed by atoms with Gasteiger partial charge in [0, 0.05) is 24.2 Å². The Bertz CT molecular complexity index is 647. The summed E-state index contributed by atoms with van der Waals surface area (Å²) in [6.07, 6.45) is 0. The van der Waals surface area contributed by atoms with E-state index in [1.807, 2.05) is 36.4 Å². The summed E-state index contributed by atoms with van der Waals surface area (Å²) < 4.78 is 10.6. The molecule has 0 amide bonds. The quantitative estimate of drug-likeness (QED) is 0.885. The van der Waals surface area contributed by atoms with E-state index in [2.05, 4.69) is 11.4 Å². The number of rotatable bonds is 6. The molecule has 2 rings (SSSR count).